The van der Waals surface area contributed by atoms with E-state index in [4.69, 9.17) is 4.42 Å². The highest BCUT2D eigenvalue weighted by Crippen LogP contribution is 2.31. The van der Waals surface area contributed by atoms with Gasteiger partial charge in [0.25, 0.3) is 5.89 Å². The van der Waals surface area contributed by atoms with Crippen molar-refractivity contribution in [2.45, 2.75) is 6.92 Å². The molecule has 118 valence electrons. The normalized spacial score (nSPS) is 16.2. The van der Waals surface area contributed by atoms with Gasteiger partial charge in [-0.2, -0.15) is 0 Å². The molecule has 3 aromatic rings. The van der Waals surface area contributed by atoms with Crippen LogP contribution in [-0.4, -0.2) is 58.5 Å². The maximum absolute atomic E-state index is 5.53. The molecule has 1 fully saturated rings. The van der Waals surface area contributed by atoms with Crippen molar-refractivity contribution in [2.24, 2.45) is 0 Å². The van der Waals surface area contributed by atoms with Crippen molar-refractivity contribution in [3.8, 4) is 11.6 Å². The van der Waals surface area contributed by atoms with Crippen LogP contribution in [-0.2, 0) is 0 Å². The Morgan fingerprint density at radius 1 is 0.913 bits per heavy atom. The fourth-order valence-corrected chi connectivity index (χ4v) is 2.89. The summed E-state index contributed by atoms with van der Waals surface area (Å²) < 4.78 is 5.53. The summed E-state index contributed by atoms with van der Waals surface area (Å²) in [5, 5.41) is 18.9. The van der Waals surface area contributed by atoms with Crippen molar-refractivity contribution >= 4 is 16.6 Å². The first kappa shape index (κ1) is 14.1. The molecule has 1 aliphatic heterocycles. The van der Waals surface area contributed by atoms with E-state index in [1.165, 1.54) is 0 Å². The standard InChI is InChI=1S/C16H18N6O/c1-11-17-20-16(23-11)14-12-5-3-4-6-13(12)15(19-18-14)22-9-7-21(2)8-10-22/h3-6H,7-10H2,1-2H3. The Hall–Kier alpha value is -2.54. The maximum atomic E-state index is 5.53. The number of benzene rings is 1. The van der Waals surface area contributed by atoms with Gasteiger partial charge in [-0.25, -0.2) is 0 Å². The van der Waals surface area contributed by atoms with Crippen LogP contribution in [0.3, 0.4) is 0 Å². The number of nitrogens with zero attached hydrogens (tertiary/aromatic N) is 6. The van der Waals surface area contributed by atoms with Crippen molar-refractivity contribution in [3.63, 3.8) is 0 Å². The number of aromatic nitrogens is 4. The van der Waals surface area contributed by atoms with E-state index in [1.807, 2.05) is 18.2 Å². The number of fused-ring (bicyclic) bond motifs is 1. The van der Waals surface area contributed by atoms with Crippen LogP contribution in [0.25, 0.3) is 22.4 Å². The molecule has 0 unspecified atom stereocenters. The zero-order valence-corrected chi connectivity index (χ0v) is 13.2. The van der Waals surface area contributed by atoms with Gasteiger partial charge < -0.3 is 14.2 Å². The molecule has 4 rings (SSSR count). The quantitative estimate of drug-likeness (QED) is 0.714. The lowest BCUT2D eigenvalue weighted by Gasteiger charge is -2.33. The average Bonchev–Trinajstić information content (AvgIpc) is 3.01. The van der Waals surface area contributed by atoms with Gasteiger partial charge >= 0.3 is 0 Å². The monoisotopic (exact) mass is 310 g/mol. The Balaban J connectivity index is 1.82. The molecular weight excluding hydrogens is 292 g/mol. The second kappa shape index (κ2) is 5.58. The summed E-state index contributed by atoms with van der Waals surface area (Å²) in [4.78, 5) is 4.61. The Bertz CT molecular complexity index is 837. The molecule has 2 aromatic heterocycles. The van der Waals surface area contributed by atoms with Gasteiger partial charge in [0.2, 0.25) is 5.89 Å². The van der Waals surface area contributed by atoms with Crippen molar-refractivity contribution in [3.05, 3.63) is 30.2 Å². The van der Waals surface area contributed by atoms with Gasteiger partial charge in [-0.05, 0) is 7.05 Å². The molecule has 0 radical (unpaired) electrons. The van der Waals surface area contributed by atoms with E-state index in [9.17, 15) is 0 Å². The summed E-state index contributed by atoms with van der Waals surface area (Å²) in [5.41, 5.74) is 0.638. The van der Waals surface area contributed by atoms with Crippen LogP contribution in [0.2, 0.25) is 0 Å². The predicted molar refractivity (Wildman–Crippen MR) is 87.3 cm³/mol. The molecule has 23 heavy (non-hydrogen) atoms. The van der Waals surface area contributed by atoms with Crippen molar-refractivity contribution in [2.75, 3.05) is 38.1 Å². The number of aryl methyl sites for hydroxylation is 1. The van der Waals surface area contributed by atoms with E-state index in [0.717, 1.165) is 42.8 Å². The van der Waals surface area contributed by atoms with E-state index in [-0.39, 0.29) is 0 Å². The number of likely N-dealkylation sites (N-methyl/N-ethyl adjacent to an activating group) is 1. The van der Waals surface area contributed by atoms with Crippen LogP contribution >= 0.6 is 0 Å². The molecule has 0 saturated carbocycles. The van der Waals surface area contributed by atoms with Crippen LogP contribution in [0.4, 0.5) is 5.82 Å². The fourth-order valence-electron chi connectivity index (χ4n) is 2.89. The Labute approximate surface area is 133 Å². The van der Waals surface area contributed by atoms with Crippen molar-refractivity contribution in [1.29, 1.82) is 0 Å². The molecule has 0 N–H and O–H groups in total. The third-order valence-electron chi connectivity index (χ3n) is 4.20. The van der Waals surface area contributed by atoms with E-state index in [1.54, 1.807) is 6.92 Å². The van der Waals surface area contributed by atoms with E-state index in [2.05, 4.69) is 43.3 Å². The molecule has 7 heteroatoms. The van der Waals surface area contributed by atoms with Gasteiger partial charge in [0.05, 0.1) is 0 Å². The minimum Gasteiger partial charge on any atom is -0.420 e. The summed E-state index contributed by atoms with van der Waals surface area (Å²) in [7, 11) is 2.14. The van der Waals surface area contributed by atoms with Crippen LogP contribution in [0.15, 0.2) is 28.7 Å². The third-order valence-corrected chi connectivity index (χ3v) is 4.20. The Morgan fingerprint density at radius 2 is 1.65 bits per heavy atom. The number of rotatable bonds is 2. The predicted octanol–water partition coefficient (Wildman–Crippen LogP) is 1.74. The summed E-state index contributed by atoms with van der Waals surface area (Å²) in [6.45, 7) is 5.73. The molecule has 1 aliphatic rings. The lowest BCUT2D eigenvalue weighted by molar-refractivity contribution is 0.312. The highest BCUT2D eigenvalue weighted by atomic mass is 16.4. The first-order valence-electron chi connectivity index (χ1n) is 7.72. The largest absolute Gasteiger partial charge is 0.420 e. The lowest BCUT2D eigenvalue weighted by Crippen LogP contribution is -2.45. The Kier molecular flexibility index (Phi) is 3.42. The molecular formula is C16H18N6O. The van der Waals surface area contributed by atoms with Crippen LogP contribution in [0.5, 0.6) is 0 Å². The molecule has 0 atom stereocenters. The number of anilines is 1. The van der Waals surface area contributed by atoms with E-state index in [0.29, 0.717) is 17.5 Å². The van der Waals surface area contributed by atoms with E-state index >= 15 is 0 Å². The SMILES string of the molecule is Cc1nnc(-c2nnc(N3CCN(C)CC3)c3ccccc23)o1. The summed E-state index contributed by atoms with van der Waals surface area (Å²) >= 11 is 0. The number of hydrogen-bond acceptors (Lipinski definition) is 7. The average molecular weight is 310 g/mol. The molecule has 7 nitrogen and oxygen atoms in total. The van der Waals surface area contributed by atoms with Gasteiger partial charge in [-0.3, -0.25) is 0 Å². The van der Waals surface area contributed by atoms with Gasteiger partial charge in [0.1, 0.15) is 0 Å². The van der Waals surface area contributed by atoms with E-state index < -0.39 is 0 Å². The first-order valence-corrected chi connectivity index (χ1v) is 7.72. The second-order valence-electron chi connectivity index (χ2n) is 5.83. The highest BCUT2D eigenvalue weighted by Gasteiger charge is 2.21. The molecule has 0 bridgehead atoms. The smallest absolute Gasteiger partial charge is 0.268 e. The highest BCUT2D eigenvalue weighted by molar-refractivity contribution is 5.99. The van der Waals surface area contributed by atoms with Crippen molar-refractivity contribution < 1.29 is 4.42 Å². The van der Waals surface area contributed by atoms with Crippen LogP contribution in [0, 0.1) is 6.92 Å². The molecule has 1 saturated heterocycles. The zero-order chi connectivity index (χ0) is 15.8. The van der Waals surface area contributed by atoms with Gasteiger partial charge in [0, 0.05) is 43.9 Å². The first-order chi connectivity index (χ1) is 11.2. The minimum absolute atomic E-state index is 0.413. The molecule has 0 aliphatic carbocycles. The van der Waals surface area contributed by atoms with Gasteiger partial charge in [-0.1, -0.05) is 24.3 Å². The summed E-state index contributed by atoms with van der Waals surface area (Å²) in [6, 6.07) is 8.11. The summed E-state index contributed by atoms with van der Waals surface area (Å²) in [6.07, 6.45) is 0. The third kappa shape index (κ3) is 2.53. The fraction of sp³-hybridized carbons (Fsp3) is 0.375. The maximum Gasteiger partial charge on any atom is 0.268 e. The number of piperazine rings is 1. The lowest BCUT2D eigenvalue weighted by atomic mass is 10.1. The second-order valence-corrected chi connectivity index (χ2v) is 5.83. The van der Waals surface area contributed by atoms with Crippen LogP contribution < -0.4 is 4.90 Å². The van der Waals surface area contributed by atoms with Gasteiger partial charge in [0.15, 0.2) is 11.5 Å². The molecule has 1 aromatic carbocycles. The van der Waals surface area contributed by atoms with Crippen molar-refractivity contribution in [1.82, 2.24) is 25.3 Å². The molecule has 0 spiro atoms. The zero-order valence-electron chi connectivity index (χ0n) is 13.2. The molecule has 3 heterocycles. The number of hydrogen-bond donors (Lipinski definition) is 0. The molecule has 0 amide bonds. The minimum atomic E-state index is 0.413. The Morgan fingerprint density at radius 3 is 2.35 bits per heavy atom. The topological polar surface area (TPSA) is 71.2 Å². The summed E-state index contributed by atoms with van der Waals surface area (Å²) in [5.74, 6) is 1.86. The van der Waals surface area contributed by atoms with Gasteiger partial charge in [-0.15, -0.1) is 20.4 Å². The van der Waals surface area contributed by atoms with Crippen LogP contribution in [0.1, 0.15) is 5.89 Å².